The van der Waals surface area contributed by atoms with Gasteiger partial charge in [-0.2, -0.15) is 0 Å². The SMILES string of the molecule is C[C@H](NC(=O)COC(=O)CNC(=O)c1ccccc1)c1cc2ccccc2o1. The zero-order chi connectivity index (χ0) is 19.9. The molecule has 0 bridgehead atoms. The molecule has 0 unspecified atom stereocenters. The van der Waals surface area contributed by atoms with E-state index in [2.05, 4.69) is 10.6 Å². The van der Waals surface area contributed by atoms with Crippen LogP contribution < -0.4 is 10.6 Å². The second kappa shape index (κ2) is 8.85. The third-order valence-corrected chi connectivity index (χ3v) is 4.04. The van der Waals surface area contributed by atoms with Crippen molar-refractivity contribution in [2.45, 2.75) is 13.0 Å². The number of benzene rings is 2. The molecule has 144 valence electrons. The number of carbonyl (C=O) groups is 3. The average molecular weight is 380 g/mol. The summed E-state index contributed by atoms with van der Waals surface area (Å²) in [5, 5.41) is 6.09. The predicted octanol–water partition coefficient (Wildman–Crippen LogP) is 2.58. The highest BCUT2D eigenvalue weighted by Crippen LogP contribution is 2.23. The highest BCUT2D eigenvalue weighted by Gasteiger charge is 2.16. The Morgan fingerprint density at radius 2 is 1.75 bits per heavy atom. The number of fused-ring (bicyclic) bond motifs is 1. The zero-order valence-electron chi connectivity index (χ0n) is 15.3. The smallest absolute Gasteiger partial charge is 0.325 e. The lowest BCUT2D eigenvalue weighted by atomic mass is 10.2. The number of hydrogen-bond donors (Lipinski definition) is 2. The molecule has 0 aliphatic carbocycles. The van der Waals surface area contributed by atoms with E-state index < -0.39 is 18.5 Å². The lowest BCUT2D eigenvalue weighted by molar-refractivity contribution is -0.147. The number of esters is 1. The standard InChI is InChI=1S/C21H20N2O5/c1-14(18-11-16-9-5-6-10-17(16)28-18)23-19(24)13-27-20(25)12-22-21(26)15-7-3-2-4-8-15/h2-11,14H,12-13H2,1H3,(H,22,26)(H,23,24)/t14-/m0/s1. The molecule has 1 aromatic heterocycles. The fourth-order valence-electron chi connectivity index (χ4n) is 2.61. The zero-order valence-corrected chi connectivity index (χ0v) is 15.3. The monoisotopic (exact) mass is 380 g/mol. The lowest BCUT2D eigenvalue weighted by Crippen LogP contribution is -2.34. The van der Waals surface area contributed by atoms with Crippen molar-refractivity contribution < 1.29 is 23.5 Å². The van der Waals surface area contributed by atoms with Gasteiger partial charge in [0.2, 0.25) is 0 Å². The molecule has 0 fully saturated rings. The molecule has 0 aliphatic heterocycles. The Labute approximate surface area is 161 Å². The van der Waals surface area contributed by atoms with Crippen LogP contribution in [0.5, 0.6) is 0 Å². The summed E-state index contributed by atoms with van der Waals surface area (Å²) in [6.45, 7) is 1.02. The molecule has 28 heavy (non-hydrogen) atoms. The van der Waals surface area contributed by atoms with Crippen LogP contribution >= 0.6 is 0 Å². The Kier molecular flexibility index (Phi) is 6.06. The van der Waals surface area contributed by atoms with Gasteiger partial charge in [0.1, 0.15) is 17.9 Å². The van der Waals surface area contributed by atoms with Gasteiger partial charge in [-0.3, -0.25) is 14.4 Å². The van der Waals surface area contributed by atoms with Gasteiger partial charge in [0, 0.05) is 10.9 Å². The second-order valence-electron chi connectivity index (χ2n) is 6.19. The molecule has 7 nitrogen and oxygen atoms in total. The number of carbonyl (C=O) groups excluding carboxylic acids is 3. The van der Waals surface area contributed by atoms with Crippen LogP contribution in [-0.4, -0.2) is 30.9 Å². The van der Waals surface area contributed by atoms with Gasteiger partial charge < -0.3 is 19.8 Å². The summed E-state index contributed by atoms with van der Waals surface area (Å²) in [5.41, 5.74) is 1.17. The number of rotatable bonds is 7. The first-order valence-electron chi connectivity index (χ1n) is 8.79. The Bertz CT molecular complexity index is 948. The Morgan fingerprint density at radius 3 is 2.50 bits per heavy atom. The van der Waals surface area contributed by atoms with Crippen molar-refractivity contribution in [2.75, 3.05) is 13.2 Å². The Hall–Kier alpha value is -3.61. The van der Waals surface area contributed by atoms with Gasteiger partial charge in [0.25, 0.3) is 11.8 Å². The maximum absolute atomic E-state index is 12.0. The number of nitrogens with one attached hydrogen (secondary N) is 2. The third kappa shape index (κ3) is 4.97. The molecule has 2 amide bonds. The molecule has 0 saturated heterocycles. The van der Waals surface area contributed by atoms with Gasteiger partial charge in [-0.15, -0.1) is 0 Å². The molecular weight excluding hydrogens is 360 g/mol. The largest absolute Gasteiger partial charge is 0.459 e. The first-order chi connectivity index (χ1) is 13.5. The molecule has 1 heterocycles. The van der Waals surface area contributed by atoms with Crippen LogP contribution in [0.25, 0.3) is 11.0 Å². The molecule has 7 heteroatoms. The van der Waals surface area contributed by atoms with Gasteiger partial charge >= 0.3 is 5.97 Å². The molecule has 2 N–H and O–H groups in total. The summed E-state index contributed by atoms with van der Waals surface area (Å²) >= 11 is 0. The van der Waals surface area contributed by atoms with Crippen LogP contribution in [0.4, 0.5) is 0 Å². The summed E-state index contributed by atoms with van der Waals surface area (Å²) in [5.74, 6) is -0.942. The summed E-state index contributed by atoms with van der Waals surface area (Å²) in [6, 6.07) is 17.5. The normalized spacial score (nSPS) is 11.6. The summed E-state index contributed by atoms with van der Waals surface area (Å²) < 4.78 is 10.6. The van der Waals surface area contributed by atoms with Crippen LogP contribution in [-0.2, 0) is 14.3 Å². The number of para-hydroxylation sites is 1. The molecule has 3 aromatic rings. The minimum absolute atomic E-state index is 0.319. The fourth-order valence-corrected chi connectivity index (χ4v) is 2.61. The first-order valence-corrected chi connectivity index (χ1v) is 8.79. The van der Waals surface area contributed by atoms with E-state index in [1.54, 1.807) is 37.3 Å². The van der Waals surface area contributed by atoms with Crippen LogP contribution in [0.2, 0.25) is 0 Å². The van der Waals surface area contributed by atoms with Crippen molar-refractivity contribution in [3.8, 4) is 0 Å². The van der Waals surface area contributed by atoms with Crippen LogP contribution in [0.3, 0.4) is 0 Å². The number of furan rings is 1. The van der Waals surface area contributed by atoms with Gasteiger partial charge in [-0.05, 0) is 31.2 Å². The molecule has 0 saturated carbocycles. The molecular formula is C21H20N2O5. The Morgan fingerprint density at radius 1 is 1.04 bits per heavy atom. The quantitative estimate of drug-likeness (QED) is 0.614. The molecule has 2 aromatic carbocycles. The van der Waals surface area contributed by atoms with Gasteiger partial charge in [-0.25, -0.2) is 0 Å². The van der Waals surface area contributed by atoms with E-state index in [1.807, 2.05) is 30.3 Å². The molecule has 1 atom stereocenters. The van der Waals surface area contributed by atoms with Gasteiger partial charge in [0.15, 0.2) is 6.61 Å². The summed E-state index contributed by atoms with van der Waals surface area (Å²) in [4.78, 5) is 35.6. The maximum Gasteiger partial charge on any atom is 0.325 e. The predicted molar refractivity (Wildman–Crippen MR) is 103 cm³/mol. The van der Waals surface area contributed by atoms with Crippen molar-refractivity contribution in [1.29, 1.82) is 0 Å². The molecule has 3 rings (SSSR count). The van der Waals surface area contributed by atoms with Crippen molar-refractivity contribution >= 4 is 28.8 Å². The first kappa shape index (κ1) is 19.2. The minimum atomic E-state index is -0.698. The van der Waals surface area contributed by atoms with E-state index >= 15 is 0 Å². The lowest BCUT2D eigenvalue weighted by Gasteiger charge is -2.11. The van der Waals surface area contributed by atoms with E-state index in [0.717, 1.165) is 11.0 Å². The van der Waals surface area contributed by atoms with Crippen molar-refractivity contribution in [3.63, 3.8) is 0 Å². The molecule has 0 spiro atoms. The third-order valence-electron chi connectivity index (χ3n) is 4.04. The summed E-state index contributed by atoms with van der Waals surface area (Å²) in [6.07, 6.45) is 0. The number of hydrogen-bond acceptors (Lipinski definition) is 5. The van der Waals surface area contributed by atoms with E-state index in [0.29, 0.717) is 11.3 Å². The van der Waals surface area contributed by atoms with Crippen LogP contribution in [0.1, 0.15) is 29.1 Å². The Balaban J connectivity index is 1.42. The molecule has 0 aliphatic rings. The van der Waals surface area contributed by atoms with E-state index in [1.165, 1.54) is 0 Å². The molecule has 0 radical (unpaired) electrons. The van der Waals surface area contributed by atoms with Gasteiger partial charge in [0.05, 0.1) is 6.04 Å². The fraction of sp³-hybridized carbons (Fsp3) is 0.190. The second-order valence-corrected chi connectivity index (χ2v) is 6.19. The van der Waals surface area contributed by atoms with Gasteiger partial charge in [-0.1, -0.05) is 36.4 Å². The average Bonchev–Trinajstić information content (AvgIpc) is 3.15. The summed E-state index contributed by atoms with van der Waals surface area (Å²) in [7, 11) is 0. The maximum atomic E-state index is 12.0. The topological polar surface area (TPSA) is 97.6 Å². The van der Waals surface area contributed by atoms with E-state index in [9.17, 15) is 14.4 Å². The highest BCUT2D eigenvalue weighted by molar-refractivity contribution is 5.96. The van der Waals surface area contributed by atoms with Crippen LogP contribution in [0, 0.1) is 0 Å². The van der Waals surface area contributed by atoms with Crippen LogP contribution in [0.15, 0.2) is 65.1 Å². The highest BCUT2D eigenvalue weighted by atomic mass is 16.5. The van der Waals surface area contributed by atoms with Crippen molar-refractivity contribution in [2.24, 2.45) is 0 Å². The van der Waals surface area contributed by atoms with Crippen molar-refractivity contribution in [3.05, 3.63) is 72.0 Å². The minimum Gasteiger partial charge on any atom is -0.459 e. The number of amides is 2. The van der Waals surface area contributed by atoms with Crippen molar-refractivity contribution in [1.82, 2.24) is 10.6 Å². The van der Waals surface area contributed by atoms with E-state index in [-0.39, 0.29) is 18.5 Å². The number of ether oxygens (including phenoxy) is 1. The van der Waals surface area contributed by atoms with E-state index in [4.69, 9.17) is 9.15 Å².